The zero-order chi connectivity index (χ0) is 12.5. The van der Waals surface area contributed by atoms with Crippen LogP contribution in [0.4, 0.5) is 11.5 Å². The zero-order valence-corrected chi connectivity index (χ0v) is 10.8. The number of nitrogens with two attached hydrogens (primary N) is 1. The number of benzene rings is 1. The second kappa shape index (κ2) is 4.48. The molecule has 3 rings (SSSR count). The summed E-state index contributed by atoms with van der Waals surface area (Å²) in [5.74, 6) is 1.11. The van der Waals surface area contributed by atoms with Gasteiger partial charge in [0.2, 0.25) is 0 Å². The average Bonchev–Trinajstić information content (AvgIpc) is 2.43. The Morgan fingerprint density at radius 3 is 2.67 bits per heavy atom. The molecular formula is C15H19N3. The lowest BCUT2D eigenvalue weighted by atomic mass is 10.0. The van der Waals surface area contributed by atoms with E-state index in [9.17, 15) is 0 Å². The summed E-state index contributed by atoms with van der Waals surface area (Å²) in [7, 11) is 0. The van der Waals surface area contributed by atoms with Crippen LogP contribution in [0.1, 0.15) is 24.8 Å². The van der Waals surface area contributed by atoms with Gasteiger partial charge in [-0.1, -0.05) is 6.07 Å². The summed E-state index contributed by atoms with van der Waals surface area (Å²) in [6.45, 7) is 4.36. The van der Waals surface area contributed by atoms with Crippen molar-refractivity contribution in [2.45, 2.75) is 26.2 Å². The highest BCUT2D eigenvalue weighted by molar-refractivity contribution is 6.01. The van der Waals surface area contributed by atoms with Gasteiger partial charge in [0.1, 0.15) is 5.82 Å². The molecule has 1 aliphatic rings. The molecule has 3 nitrogen and oxygen atoms in total. The molecule has 94 valence electrons. The van der Waals surface area contributed by atoms with Crippen LogP contribution in [0.25, 0.3) is 10.8 Å². The Bertz CT molecular complexity index is 571. The smallest absolute Gasteiger partial charge is 0.136 e. The lowest BCUT2D eigenvalue weighted by molar-refractivity contribution is 0.575. The number of piperidine rings is 1. The minimum absolute atomic E-state index is 0.844. The standard InChI is InChI=1S/C15H19N3/c1-11-5-6-13(16)12-7-8-17-15(14(11)12)18-9-3-2-4-10-18/h5-8H,2-4,9-10,16H2,1H3. The molecule has 0 radical (unpaired) electrons. The summed E-state index contributed by atoms with van der Waals surface area (Å²) in [4.78, 5) is 7.00. The van der Waals surface area contributed by atoms with Gasteiger partial charge in [-0.25, -0.2) is 4.98 Å². The van der Waals surface area contributed by atoms with Gasteiger partial charge in [0, 0.05) is 35.7 Å². The highest BCUT2D eigenvalue weighted by Crippen LogP contribution is 2.32. The topological polar surface area (TPSA) is 42.1 Å². The van der Waals surface area contributed by atoms with Crippen LogP contribution in [-0.4, -0.2) is 18.1 Å². The fourth-order valence-electron chi connectivity index (χ4n) is 2.81. The molecular weight excluding hydrogens is 222 g/mol. The first-order chi connectivity index (χ1) is 8.77. The van der Waals surface area contributed by atoms with Crippen LogP contribution in [-0.2, 0) is 0 Å². The molecule has 0 saturated carbocycles. The van der Waals surface area contributed by atoms with Crippen molar-refractivity contribution in [1.82, 2.24) is 4.98 Å². The third-order valence-corrected chi connectivity index (χ3v) is 3.80. The van der Waals surface area contributed by atoms with Crippen LogP contribution in [0.3, 0.4) is 0 Å². The first-order valence-electron chi connectivity index (χ1n) is 6.66. The van der Waals surface area contributed by atoms with Crippen molar-refractivity contribution in [3.05, 3.63) is 30.0 Å². The fourth-order valence-corrected chi connectivity index (χ4v) is 2.81. The van der Waals surface area contributed by atoms with Gasteiger partial charge < -0.3 is 10.6 Å². The Morgan fingerprint density at radius 1 is 1.11 bits per heavy atom. The van der Waals surface area contributed by atoms with Gasteiger partial charge in [0.15, 0.2) is 0 Å². The highest BCUT2D eigenvalue weighted by Gasteiger charge is 2.16. The van der Waals surface area contributed by atoms with E-state index in [0.29, 0.717) is 0 Å². The van der Waals surface area contributed by atoms with Gasteiger partial charge >= 0.3 is 0 Å². The zero-order valence-electron chi connectivity index (χ0n) is 10.8. The number of pyridine rings is 1. The SMILES string of the molecule is Cc1ccc(N)c2ccnc(N3CCCCC3)c12. The quantitative estimate of drug-likeness (QED) is 0.780. The number of nitrogen functional groups attached to an aromatic ring is 1. The van der Waals surface area contributed by atoms with Crippen LogP contribution in [0, 0.1) is 6.92 Å². The molecule has 18 heavy (non-hydrogen) atoms. The van der Waals surface area contributed by atoms with E-state index in [1.807, 2.05) is 18.3 Å². The summed E-state index contributed by atoms with van der Waals surface area (Å²) >= 11 is 0. The third-order valence-electron chi connectivity index (χ3n) is 3.80. The Labute approximate surface area is 108 Å². The largest absolute Gasteiger partial charge is 0.398 e. The Hall–Kier alpha value is -1.77. The fraction of sp³-hybridized carbons (Fsp3) is 0.400. The van der Waals surface area contributed by atoms with Crippen LogP contribution in [0.5, 0.6) is 0 Å². The molecule has 1 saturated heterocycles. The summed E-state index contributed by atoms with van der Waals surface area (Å²) in [6.07, 6.45) is 5.74. The third kappa shape index (κ3) is 1.80. The van der Waals surface area contributed by atoms with Crippen molar-refractivity contribution in [3.8, 4) is 0 Å². The van der Waals surface area contributed by atoms with E-state index >= 15 is 0 Å². The molecule has 2 N–H and O–H groups in total. The Balaban J connectivity index is 2.19. The lowest BCUT2D eigenvalue weighted by Crippen LogP contribution is -2.30. The molecule has 0 aliphatic carbocycles. The Morgan fingerprint density at radius 2 is 1.89 bits per heavy atom. The normalized spacial score (nSPS) is 16.2. The van der Waals surface area contributed by atoms with Crippen LogP contribution >= 0.6 is 0 Å². The van der Waals surface area contributed by atoms with E-state index in [0.717, 1.165) is 30.0 Å². The van der Waals surface area contributed by atoms with Crippen LogP contribution in [0.15, 0.2) is 24.4 Å². The maximum atomic E-state index is 6.08. The Kier molecular flexibility index (Phi) is 2.82. The maximum Gasteiger partial charge on any atom is 0.136 e. The summed E-state index contributed by atoms with van der Waals surface area (Å²) in [6, 6.07) is 6.09. The van der Waals surface area contributed by atoms with Gasteiger partial charge in [-0.3, -0.25) is 0 Å². The highest BCUT2D eigenvalue weighted by atomic mass is 15.2. The minimum Gasteiger partial charge on any atom is -0.398 e. The van der Waals surface area contributed by atoms with Crippen molar-refractivity contribution >= 4 is 22.3 Å². The molecule has 0 bridgehead atoms. The van der Waals surface area contributed by atoms with Crippen molar-refractivity contribution in [1.29, 1.82) is 0 Å². The molecule has 0 spiro atoms. The van der Waals surface area contributed by atoms with E-state index in [-0.39, 0.29) is 0 Å². The van der Waals surface area contributed by atoms with Crippen molar-refractivity contribution in [3.63, 3.8) is 0 Å². The number of aromatic nitrogens is 1. The first-order valence-corrected chi connectivity index (χ1v) is 6.66. The van der Waals surface area contributed by atoms with Crippen LogP contribution in [0.2, 0.25) is 0 Å². The van der Waals surface area contributed by atoms with Gasteiger partial charge in [-0.15, -0.1) is 0 Å². The van der Waals surface area contributed by atoms with Gasteiger partial charge in [0.05, 0.1) is 0 Å². The summed E-state index contributed by atoms with van der Waals surface area (Å²) in [5.41, 5.74) is 8.18. The molecule has 3 heteroatoms. The maximum absolute atomic E-state index is 6.08. The molecule has 1 aliphatic heterocycles. The number of anilines is 2. The summed E-state index contributed by atoms with van der Waals surface area (Å²) in [5, 5.41) is 2.35. The van der Waals surface area contributed by atoms with E-state index in [4.69, 9.17) is 5.73 Å². The summed E-state index contributed by atoms with van der Waals surface area (Å²) < 4.78 is 0. The number of aryl methyl sites for hydroxylation is 1. The van der Waals surface area contributed by atoms with Gasteiger partial charge in [-0.2, -0.15) is 0 Å². The molecule has 0 atom stereocenters. The van der Waals surface area contributed by atoms with E-state index in [1.54, 1.807) is 0 Å². The first kappa shape index (κ1) is 11.3. The number of rotatable bonds is 1. The van der Waals surface area contributed by atoms with Crippen LogP contribution < -0.4 is 10.6 Å². The predicted octanol–water partition coefficient (Wildman–Crippen LogP) is 3.12. The number of hydrogen-bond acceptors (Lipinski definition) is 3. The molecule has 0 unspecified atom stereocenters. The minimum atomic E-state index is 0.844. The molecule has 1 aromatic carbocycles. The lowest BCUT2D eigenvalue weighted by Gasteiger charge is -2.29. The molecule has 0 amide bonds. The number of hydrogen-bond donors (Lipinski definition) is 1. The van der Waals surface area contributed by atoms with Crippen molar-refractivity contribution in [2.24, 2.45) is 0 Å². The monoisotopic (exact) mass is 241 g/mol. The molecule has 1 fully saturated rings. The van der Waals surface area contributed by atoms with E-state index < -0.39 is 0 Å². The van der Waals surface area contributed by atoms with Crippen molar-refractivity contribution in [2.75, 3.05) is 23.7 Å². The number of fused-ring (bicyclic) bond motifs is 1. The molecule has 2 aromatic rings. The van der Waals surface area contributed by atoms with E-state index in [1.165, 1.54) is 30.2 Å². The van der Waals surface area contributed by atoms with E-state index in [2.05, 4.69) is 22.9 Å². The second-order valence-electron chi connectivity index (χ2n) is 5.08. The molecule has 2 heterocycles. The van der Waals surface area contributed by atoms with Gasteiger partial charge in [-0.05, 0) is 43.9 Å². The van der Waals surface area contributed by atoms with Gasteiger partial charge in [0.25, 0.3) is 0 Å². The molecule has 1 aromatic heterocycles. The predicted molar refractivity (Wildman–Crippen MR) is 77.0 cm³/mol. The number of nitrogens with zero attached hydrogens (tertiary/aromatic N) is 2. The average molecular weight is 241 g/mol. The second-order valence-corrected chi connectivity index (χ2v) is 5.08. The van der Waals surface area contributed by atoms with Crippen molar-refractivity contribution < 1.29 is 0 Å².